The van der Waals surface area contributed by atoms with Crippen molar-refractivity contribution in [3.05, 3.63) is 59.7 Å². The number of ketones is 1. The van der Waals surface area contributed by atoms with Crippen LogP contribution in [0.3, 0.4) is 0 Å². The van der Waals surface area contributed by atoms with E-state index in [4.69, 9.17) is 4.74 Å². The minimum Gasteiger partial charge on any atom is -0.497 e. The number of halogens is 2. The smallest absolute Gasteiger partial charge is 0.191 e. The first-order valence-corrected chi connectivity index (χ1v) is 10.2. The van der Waals surface area contributed by atoms with E-state index >= 15 is 0 Å². The van der Waals surface area contributed by atoms with Crippen molar-refractivity contribution in [3.63, 3.8) is 0 Å². The molecular formula is C21H21F2N3O2S. The van der Waals surface area contributed by atoms with Crippen LogP contribution in [0, 0.1) is 11.6 Å². The summed E-state index contributed by atoms with van der Waals surface area (Å²) < 4.78 is 33.6. The average Bonchev–Trinajstić information content (AvgIpc) is 3.15. The maximum atomic E-state index is 13.4. The summed E-state index contributed by atoms with van der Waals surface area (Å²) in [4.78, 5) is 12.4. The normalized spacial score (nSPS) is 10.9. The van der Waals surface area contributed by atoms with Crippen LogP contribution in [0.25, 0.3) is 11.4 Å². The van der Waals surface area contributed by atoms with Crippen LogP contribution in [-0.4, -0.2) is 33.4 Å². The highest BCUT2D eigenvalue weighted by atomic mass is 32.2. The van der Waals surface area contributed by atoms with Crippen molar-refractivity contribution in [1.29, 1.82) is 0 Å². The molecule has 1 aromatic heterocycles. The van der Waals surface area contributed by atoms with E-state index in [1.54, 1.807) is 7.11 Å². The van der Waals surface area contributed by atoms with Crippen LogP contribution in [0.4, 0.5) is 8.78 Å². The van der Waals surface area contributed by atoms with Crippen LogP contribution in [-0.2, 0) is 6.54 Å². The molecule has 0 radical (unpaired) electrons. The van der Waals surface area contributed by atoms with Gasteiger partial charge in [-0.1, -0.05) is 25.1 Å². The minimum atomic E-state index is -1.03. The molecule has 0 spiro atoms. The molecule has 0 unspecified atom stereocenters. The number of unbranched alkanes of at least 4 members (excludes halogenated alkanes) is 1. The number of nitrogens with zero attached hydrogens (tertiary/aromatic N) is 3. The fourth-order valence-corrected chi connectivity index (χ4v) is 3.61. The summed E-state index contributed by atoms with van der Waals surface area (Å²) in [5.74, 6) is -0.793. The summed E-state index contributed by atoms with van der Waals surface area (Å²) in [6.07, 6.45) is 1.93. The zero-order chi connectivity index (χ0) is 20.8. The third kappa shape index (κ3) is 5.00. The van der Waals surface area contributed by atoms with Gasteiger partial charge < -0.3 is 9.30 Å². The highest BCUT2D eigenvalue weighted by Crippen LogP contribution is 2.26. The van der Waals surface area contributed by atoms with Gasteiger partial charge in [0.05, 0.1) is 12.9 Å². The predicted octanol–water partition coefficient (Wildman–Crippen LogP) is 5.01. The first kappa shape index (κ1) is 21.0. The lowest BCUT2D eigenvalue weighted by atomic mass is 10.1. The Bertz CT molecular complexity index is 990. The second kappa shape index (κ2) is 9.65. The summed E-state index contributed by atoms with van der Waals surface area (Å²) in [7, 11) is 1.61. The fraction of sp³-hybridized carbons (Fsp3) is 0.286. The Hall–Kier alpha value is -2.74. The molecule has 0 aliphatic rings. The van der Waals surface area contributed by atoms with Crippen LogP contribution in [0.15, 0.2) is 47.6 Å². The molecule has 0 aliphatic heterocycles. The van der Waals surface area contributed by atoms with Gasteiger partial charge in [-0.05, 0) is 48.9 Å². The van der Waals surface area contributed by atoms with Gasteiger partial charge in [-0.2, -0.15) is 0 Å². The van der Waals surface area contributed by atoms with Gasteiger partial charge in [0.1, 0.15) is 5.75 Å². The summed E-state index contributed by atoms with van der Waals surface area (Å²) in [6, 6.07) is 10.7. The maximum Gasteiger partial charge on any atom is 0.191 e. The molecule has 3 aromatic rings. The quantitative estimate of drug-likeness (QED) is 0.362. The Labute approximate surface area is 172 Å². The Morgan fingerprint density at radius 2 is 1.86 bits per heavy atom. The summed E-state index contributed by atoms with van der Waals surface area (Å²) >= 11 is 1.23. The standard InChI is InChI=1S/C21H21F2N3O2S/c1-3-4-11-26-20(14-5-8-16(28-2)9-6-14)24-25-21(26)29-13-19(27)15-7-10-17(22)18(23)12-15/h5-10,12H,3-4,11,13H2,1-2H3. The molecule has 0 fully saturated rings. The van der Waals surface area contributed by atoms with Gasteiger partial charge in [-0.3, -0.25) is 4.79 Å². The molecular weight excluding hydrogens is 396 g/mol. The lowest BCUT2D eigenvalue weighted by Gasteiger charge is -2.10. The number of ether oxygens (including phenoxy) is 1. The molecule has 0 aliphatic carbocycles. The number of benzene rings is 2. The number of carbonyl (C=O) groups is 1. The largest absolute Gasteiger partial charge is 0.497 e. The topological polar surface area (TPSA) is 57.0 Å². The predicted molar refractivity (Wildman–Crippen MR) is 108 cm³/mol. The van der Waals surface area contributed by atoms with Gasteiger partial charge >= 0.3 is 0 Å². The van der Waals surface area contributed by atoms with E-state index in [-0.39, 0.29) is 17.1 Å². The second-order valence-electron chi connectivity index (χ2n) is 6.38. The number of hydrogen-bond acceptors (Lipinski definition) is 5. The van der Waals surface area contributed by atoms with Gasteiger partial charge in [-0.15, -0.1) is 10.2 Å². The molecule has 2 aromatic carbocycles. The fourth-order valence-electron chi connectivity index (χ4n) is 2.75. The van der Waals surface area contributed by atoms with E-state index < -0.39 is 11.6 Å². The van der Waals surface area contributed by atoms with Gasteiger partial charge in [-0.25, -0.2) is 8.78 Å². The monoisotopic (exact) mass is 417 g/mol. The molecule has 0 N–H and O–H groups in total. The molecule has 8 heteroatoms. The van der Waals surface area contributed by atoms with Crippen LogP contribution in [0.1, 0.15) is 30.1 Å². The highest BCUT2D eigenvalue weighted by molar-refractivity contribution is 7.99. The minimum absolute atomic E-state index is 0.0535. The van der Waals surface area contributed by atoms with Crippen LogP contribution < -0.4 is 4.74 Å². The van der Waals surface area contributed by atoms with E-state index in [1.807, 2.05) is 28.8 Å². The number of hydrogen-bond donors (Lipinski definition) is 0. The van der Waals surface area contributed by atoms with Crippen molar-refractivity contribution < 1.29 is 18.3 Å². The van der Waals surface area contributed by atoms with E-state index in [9.17, 15) is 13.6 Å². The molecule has 0 bridgehead atoms. The second-order valence-corrected chi connectivity index (χ2v) is 7.32. The first-order chi connectivity index (χ1) is 14.0. The summed E-state index contributed by atoms with van der Waals surface area (Å²) in [6.45, 7) is 2.81. The Morgan fingerprint density at radius 1 is 1.10 bits per heavy atom. The molecule has 5 nitrogen and oxygen atoms in total. The van der Waals surface area contributed by atoms with Crippen LogP contribution in [0.5, 0.6) is 5.75 Å². The highest BCUT2D eigenvalue weighted by Gasteiger charge is 2.17. The van der Waals surface area contributed by atoms with E-state index in [0.717, 1.165) is 36.3 Å². The number of Topliss-reactive ketones (excluding diaryl/α,β-unsaturated/α-hetero) is 1. The Kier molecular flexibility index (Phi) is 6.98. The number of aromatic nitrogens is 3. The van der Waals surface area contributed by atoms with Crippen molar-refractivity contribution in [3.8, 4) is 17.1 Å². The number of thioether (sulfide) groups is 1. The van der Waals surface area contributed by atoms with Crippen molar-refractivity contribution in [2.24, 2.45) is 0 Å². The Morgan fingerprint density at radius 3 is 2.52 bits per heavy atom. The van der Waals surface area contributed by atoms with Crippen molar-refractivity contribution in [2.75, 3.05) is 12.9 Å². The number of methoxy groups -OCH3 is 1. The van der Waals surface area contributed by atoms with E-state index in [0.29, 0.717) is 17.5 Å². The van der Waals surface area contributed by atoms with Crippen LogP contribution >= 0.6 is 11.8 Å². The lowest BCUT2D eigenvalue weighted by molar-refractivity contribution is 0.102. The van der Waals surface area contributed by atoms with Gasteiger partial charge in [0, 0.05) is 17.7 Å². The SMILES string of the molecule is CCCCn1c(SCC(=O)c2ccc(F)c(F)c2)nnc1-c1ccc(OC)cc1. The molecule has 29 heavy (non-hydrogen) atoms. The molecule has 0 saturated heterocycles. The number of rotatable bonds is 9. The molecule has 1 heterocycles. The van der Waals surface area contributed by atoms with Crippen LogP contribution in [0.2, 0.25) is 0 Å². The van der Waals surface area contributed by atoms with Gasteiger partial charge in [0.15, 0.2) is 28.4 Å². The maximum absolute atomic E-state index is 13.4. The summed E-state index contributed by atoms with van der Waals surface area (Å²) in [5, 5.41) is 9.16. The molecule has 0 saturated carbocycles. The van der Waals surface area contributed by atoms with Crippen molar-refractivity contribution in [2.45, 2.75) is 31.5 Å². The zero-order valence-corrected chi connectivity index (χ0v) is 17.0. The molecule has 152 valence electrons. The average molecular weight is 417 g/mol. The number of carbonyl (C=O) groups excluding carboxylic acids is 1. The van der Waals surface area contributed by atoms with Crippen molar-refractivity contribution >= 4 is 17.5 Å². The molecule has 3 rings (SSSR count). The lowest BCUT2D eigenvalue weighted by Crippen LogP contribution is -2.07. The van der Waals surface area contributed by atoms with Crippen molar-refractivity contribution in [1.82, 2.24) is 14.8 Å². The van der Waals surface area contributed by atoms with Gasteiger partial charge in [0.25, 0.3) is 0 Å². The first-order valence-electron chi connectivity index (χ1n) is 9.22. The van der Waals surface area contributed by atoms with Gasteiger partial charge in [0.2, 0.25) is 0 Å². The molecule has 0 atom stereocenters. The zero-order valence-electron chi connectivity index (χ0n) is 16.2. The Balaban J connectivity index is 1.79. The third-order valence-corrected chi connectivity index (χ3v) is 5.34. The third-order valence-electron chi connectivity index (χ3n) is 4.37. The van der Waals surface area contributed by atoms with E-state index in [2.05, 4.69) is 17.1 Å². The van der Waals surface area contributed by atoms with E-state index in [1.165, 1.54) is 17.8 Å². The summed E-state index contributed by atoms with van der Waals surface area (Å²) in [5.41, 5.74) is 1.03. The molecule has 0 amide bonds.